The van der Waals surface area contributed by atoms with Crippen LogP contribution in [0.15, 0.2) is 0 Å². The molecule has 0 aliphatic carbocycles. The van der Waals surface area contributed by atoms with E-state index in [0.29, 0.717) is 0 Å². The fourth-order valence-electron chi connectivity index (χ4n) is 0.0830. The van der Waals surface area contributed by atoms with Crippen LogP contribution in [0.4, 0.5) is 0 Å². The van der Waals surface area contributed by atoms with Crippen LogP contribution in [-0.2, 0) is 31.6 Å². The van der Waals surface area contributed by atoms with Crippen LogP contribution in [0.25, 0.3) is 0 Å². The second-order valence-corrected chi connectivity index (χ2v) is 1.79. The number of rotatable bonds is 1. The molecule has 0 radical (unpaired) electrons. The van der Waals surface area contributed by atoms with Crippen LogP contribution in [0.3, 0.4) is 0 Å². The van der Waals surface area contributed by atoms with Gasteiger partial charge in [0.25, 0.3) is 0 Å². The van der Waals surface area contributed by atoms with E-state index in [4.69, 9.17) is 3.68 Å². The number of carbonyl (C=O) groups excluding carboxylic acids is 1. The Bertz CT molecular complexity index is 55.5. The van der Waals surface area contributed by atoms with Gasteiger partial charge < -0.3 is 0 Å². The summed E-state index contributed by atoms with van der Waals surface area (Å²) in [5.74, 6) is -0.260. The molecule has 0 amide bonds. The summed E-state index contributed by atoms with van der Waals surface area (Å²) in [6, 6.07) is 0. The molecule has 6 heavy (non-hydrogen) atoms. The molecule has 0 aromatic carbocycles. The van der Waals surface area contributed by atoms with E-state index in [0.717, 1.165) is 0 Å². The summed E-state index contributed by atoms with van der Waals surface area (Å²) in [4.78, 5) is 9.78. The molecule has 3 nitrogen and oxygen atoms in total. The Balaban J connectivity index is 2.83. The zero-order valence-corrected chi connectivity index (χ0v) is 5.85. The maximum absolute atomic E-state index is 9.78. The number of hydrogen-bond acceptors (Lipinski definition) is 3. The van der Waals surface area contributed by atoms with E-state index < -0.39 is 24.0 Å². The summed E-state index contributed by atoms with van der Waals surface area (Å²) in [6.45, 7) is 1.35. The van der Waals surface area contributed by atoms with Crippen molar-refractivity contribution in [1.82, 2.24) is 0 Å². The Kier molecular flexibility index (Phi) is 3.68. The van der Waals surface area contributed by atoms with Gasteiger partial charge in [0.1, 0.15) is 0 Å². The Labute approximate surface area is 48.4 Å². The van der Waals surface area contributed by atoms with Crippen LogP contribution in [0.5, 0.6) is 0 Å². The summed E-state index contributed by atoms with van der Waals surface area (Å²) in [6.07, 6.45) is 0. The van der Waals surface area contributed by atoms with Crippen molar-refractivity contribution in [1.29, 1.82) is 0 Å². The fourth-order valence-corrected chi connectivity index (χ4v) is 0.491. The first-order valence-electron chi connectivity index (χ1n) is 1.40. The van der Waals surface area contributed by atoms with Gasteiger partial charge in [-0.25, -0.2) is 0 Å². The molecule has 0 unspecified atom stereocenters. The molecule has 0 heterocycles. The van der Waals surface area contributed by atoms with Crippen LogP contribution < -0.4 is 3.68 Å². The van der Waals surface area contributed by atoms with Crippen molar-refractivity contribution in [3.8, 4) is 0 Å². The van der Waals surface area contributed by atoms with E-state index in [-0.39, 0.29) is 5.97 Å². The molecule has 0 atom stereocenters. The minimum absolute atomic E-state index is 0.260. The summed E-state index contributed by atoms with van der Waals surface area (Å²) in [5.41, 5.74) is 0. The van der Waals surface area contributed by atoms with Gasteiger partial charge in [-0.1, -0.05) is 0 Å². The second-order valence-electron chi connectivity index (χ2n) is 0.711. The van der Waals surface area contributed by atoms with E-state index in [1.807, 2.05) is 0 Å². The Morgan fingerprint density at radius 1 is 2.00 bits per heavy atom. The van der Waals surface area contributed by atoms with E-state index in [1.54, 1.807) is 0 Å². The molecule has 2 N–H and O–H groups in total. The molecule has 0 aliphatic heterocycles. The predicted molar refractivity (Wildman–Crippen MR) is 16.0 cm³/mol. The maximum atomic E-state index is 9.78. The molecule has 0 saturated heterocycles. The zero-order chi connectivity index (χ0) is 4.99. The van der Waals surface area contributed by atoms with Crippen molar-refractivity contribution in [2.24, 2.45) is 3.68 Å². The number of carbonyl (C=O) groups is 1. The predicted octanol–water partition coefficient (Wildman–Crippen LogP) is -0.579. The van der Waals surface area contributed by atoms with Crippen molar-refractivity contribution in [3.05, 3.63) is 0 Å². The van der Waals surface area contributed by atoms with E-state index >= 15 is 0 Å². The van der Waals surface area contributed by atoms with Gasteiger partial charge in [0.15, 0.2) is 0 Å². The van der Waals surface area contributed by atoms with Crippen molar-refractivity contribution in [2.45, 2.75) is 6.92 Å². The Morgan fingerprint density at radius 2 is 2.50 bits per heavy atom. The first-order chi connectivity index (χ1) is 2.77. The molecular weight excluding hydrogens is 161 g/mol. The zero-order valence-electron chi connectivity index (χ0n) is 3.39. The molecule has 0 rings (SSSR count). The van der Waals surface area contributed by atoms with Gasteiger partial charge in [0, 0.05) is 0 Å². The summed E-state index contributed by atoms with van der Waals surface area (Å²) in [7, 11) is 0. The molecule has 0 fully saturated rings. The number of hydrogen-bond donors (Lipinski definition) is 1. The third-order valence-corrected chi connectivity index (χ3v) is 1.20. The van der Waals surface area contributed by atoms with Crippen LogP contribution in [0.2, 0.25) is 0 Å². The Morgan fingerprint density at radius 3 is 2.50 bits per heavy atom. The third-order valence-electron chi connectivity index (χ3n) is 0.203. The molecular formula is C2H5NO2Zr. The molecule has 0 aliphatic rings. The fraction of sp³-hybridized carbons (Fsp3) is 0.500. The average Bonchev–Trinajstić information content (AvgIpc) is 1.35. The SMILES string of the molecule is CC(=O)[O][Zr][NH2]. The second kappa shape index (κ2) is 3.50. The first kappa shape index (κ1) is 6.31. The van der Waals surface area contributed by atoms with E-state index in [2.05, 4.69) is 2.81 Å². The molecule has 0 bridgehead atoms. The molecule has 34 valence electrons. The molecule has 0 saturated carbocycles. The van der Waals surface area contributed by atoms with Crippen molar-refractivity contribution < 1.29 is 31.6 Å². The quantitative estimate of drug-likeness (QED) is 0.567. The van der Waals surface area contributed by atoms with Crippen molar-refractivity contribution in [3.63, 3.8) is 0 Å². The molecule has 0 aromatic heterocycles. The third kappa shape index (κ3) is 4.31. The van der Waals surface area contributed by atoms with Gasteiger partial charge in [-0.15, -0.1) is 0 Å². The average molecular weight is 166 g/mol. The normalized spacial score (nSPS) is 7.00. The van der Waals surface area contributed by atoms with Crippen molar-refractivity contribution in [2.75, 3.05) is 0 Å². The van der Waals surface area contributed by atoms with Crippen LogP contribution in [-0.4, -0.2) is 5.97 Å². The summed E-state index contributed by atoms with van der Waals surface area (Å²) in [5, 5.41) is 0. The molecule has 4 heteroatoms. The van der Waals surface area contributed by atoms with Gasteiger partial charge in [0.05, 0.1) is 0 Å². The first-order valence-corrected chi connectivity index (χ1v) is 3.82. The van der Waals surface area contributed by atoms with Crippen LogP contribution in [0.1, 0.15) is 6.92 Å². The summed E-state index contributed by atoms with van der Waals surface area (Å²) >= 11 is -1.20. The van der Waals surface area contributed by atoms with Gasteiger partial charge >= 0.3 is 48.1 Å². The number of nitrogens with two attached hydrogens (primary N) is 1. The Hall–Kier alpha value is 0.313. The van der Waals surface area contributed by atoms with Gasteiger partial charge in [-0.05, 0) is 0 Å². The molecule has 0 aromatic rings. The van der Waals surface area contributed by atoms with E-state index in [9.17, 15) is 4.79 Å². The van der Waals surface area contributed by atoms with Gasteiger partial charge in [-0.3, -0.25) is 0 Å². The van der Waals surface area contributed by atoms with Crippen molar-refractivity contribution >= 4 is 5.97 Å². The monoisotopic (exact) mass is 165 g/mol. The molecule has 0 spiro atoms. The van der Waals surface area contributed by atoms with E-state index in [1.165, 1.54) is 6.92 Å². The summed E-state index contributed by atoms with van der Waals surface area (Å²) < 4.78 is 9.31. The minimum atomic E-state index is -1.20. The van der Waals surface area contributed by atoms with Gasteiger partial charge in [0.2, 0.25) is 0 Å². The van der Waals surface area contributed by atoms with Crippen LogP contribution >= 0.6 is 0 Å². The van der Waals surface area contributed by atoms with Crippen LogP contribution in [0, 0.1) is 0 Å². The standard InChI is InChI=1S/C2H4O2.H2N.Zr/c1-2(3)4;;/h1H3,(H,3,4);1H2;/q;-1;+2/p-1. The van der Waals surface area contributed by atoms with Gasteiger partial charge in [-0.2, -0.15) is 0 Å². The topological polar surface area (TPSA) is 52.3 Å².